The van der Waals surface area contributed by atoms with Crippen molar-refractivity contribution in [3.8, 4) is 5.75 Å². The Kier molecular flexibility index (Phi) is 4.44. The molecule has 0 aliphatic carbocycles. The van der Waals surface area contributed by atoms with E-state index in [-0.39, 0.29) is 17.0 Å². The molecule has 122 valence electrons. The Labute approximate surface area is 128 Å². The lowest BCUT2D eigenvalue weighted by atomic mass is 10.1. The summed E-state index contributed by atoms with van der Waals surface area (Å²) in [7, 11) is 0. The van der Waals surface area contributed by atoms with Gasteiger partial charge < -0.3 is 14.5 Å². The summed E-state index contributed by atoms with van der Waals surface area (Å²) in [6, 6.07) is 5.87. The van der Waals surface area contributed by atoms with Crippen LogP contribution < -0.4 is 15.7 Å². The Morgan fingerprint density at radius 2 is 1.78 bits per heavy atom. The molecular weight excluding hydrogens is 315 g/mol. The topological polar surface area (TPSA) is 68.5 Å². The van der Waals surface area contributed by atoms with Crippen molar-refractivity contribution in [3.05, 3.63) is 57.6 Å². The highest BCUT2D eigenvalue weighted by Crippen LogP contribution is 2.24. The predicted molar refractivity (Wildman–Crippen MR) is 75.5 cm³/mol. The summed E-state index contributed by atoms with van der Waals surface area (Å²) < 4.78 is 44.8. The van der Waals surface area contributed by atoms with Crippen molar-refractivity contribution in [2.45, 2.75) is 20.2 Å². The number of aryl methyl sites for hydroxylation is 2. The molecule has 2 rings (SSSR count). The number of hydrogen-bond donors (Lipinski definition) is 1. The summed E-state index contributed by atoms with van der Waals surface area (Å²) in [5, 5.41) is 2.51. The van der Waals surface area contributed by atoms with E-state index < -0.39 is 23.6 Å². The standard InChI is InChI=1S/C15H12F3NO4/c1-8-7-12(20)22-9(2)13(8)14(21)19-10-3-5-11(6-4-10)23-15(16,17)18/h3-7H,1-2H3,(H,19,21). The van der Waals surface area contributed by atoms with E-state index in [0.717, 1.165) is 12.1 Å². The van der Waals surface area contributed by atoms with E-state index in [1.165, 1.54) is 25.1 Å². The number of benzene rings is 1. The molecule has 1 N–H and O–H groups in total. The Morgan fingerprint density at radius 3 is 2.30 bits per heavy atom. The molecule has 0 radical (unpaired) electrons. The monoisotopic (exact) mass is 327 g/mol. The second kappa shape index (κ2) is 6.15. The third-order valence-corrected chi connectivity index (χ3v) is 2.91. The highest BCUT2D eigenvalue weighted by molar-refractivity contribution is 6.05. The van der Waals surface area contributed by atoms with Gasteiger partial charge in [0.1, 0.15) is 11.5 Å². The van der Waals surface area contributed by atoms with Gasteiger partial charge in [-0.05, 0) is 43.7 Å². The van der Waals surface area contributed by atoms with E-state index in [4.69, 9.17) is 4.42 Å². The van der Waals surface area contributed by atoms with Crippen LogP contribution in [-0.2, 0) is 0 Å². The minimum Gasteiger partial charge on any atom is -0.427 e. The molecule has 0 fully saturated rings. The summed E-state index contributed by atoms with van der Waals surface area (Å²) in [4.78, 5) is 23.4. The van der Waals surface area contributed by atoms with E-state index in [9.17, 15) is 22.8 Å². The zero-order valence-corrected chi connectivity index (χ0v) is 12.2. The highest BCUT2D eigenvalue weighted by atomic mass is 19.4. The van der Waals surface area contributed by atoms with Crippen LogP contribution in [0.3, 0.4) is 0 Å². The molecular formula is C15H12F3NO4. The summed E-state index contributed by atoms with van der Waals surface area (Å²) in [6.07, 6.45) is -4.78. The maximum Gasteiger partial charge on any atom is 0.573 e. The fraction of sp³-hybridized carbons (Fsp3) is 0.200. The Morgan fingerprint density at radius 1 is 1.17 bits per heavy atom. The van der Waals surface area contributed by atoms with Crippen molar-refractivity contribution < 1.29 is 27.1 Å². The van der Waals surface area contributed by atoms with E-state index in [1.54, 1.807) is 6.92 Å². The number of hydrogen-bond acceptors (Lipinski definition) is 4. The summed E-state index contributed by atoms with van der Waals surface area (Å²) in [5.41, 5.74) is 0.341. The number of anilines is 1. The van der Waals surface area contributed by atoms with E-state index in [1.807, 2.05) is 0 Å². The highest BCUT2D eigenvalue weighted by Gasteiger charge is 2.31. The van der Waals surface area contributed by atoms with E-state index in [0.29, 0.717) is 5.56 Å². The van der Waals surface area contributed by atoms with Gasteiger partial charge in [-0.3, -0.25) is 4.79 Å². The molecule has 1 aromatic carbocycles. The van der Waals surface area contributed by atoms with Gasteiger partial charge in [0.15, 0.2) is 0 Å². The fourth-order valence-electron chi connectivity index (χ4n) is 2.03. The van der Waals surface area contributed by atoms with Crippen LogP contribution in [-0.4, -0.2) is 12.3 Å². The lowest BCUT2D eigenvalue weighted by molar-refractivity contribution is -0.274. The van der Waals surface area contributed by atoms with Crippen molar-refractivity contribution in [2.24, 2.45) is 0 Å². The lowest BCUT2D eigenvalue weighted by Gasteiger charge is -2.11. The van der Waals surface area contributed by atoms with Crippen molar-refractivity contribution in [2.75, 3.05) is 5.32 Å². The van der Waals surface area contributed by atoms with Gasteiger partial charge in [0, 0.05) is 11.8 Å². The maximum atomic E-state index is 12.2. The molecule has 23 heavy (non-hydrogen) atoms. The van der Waals surface area contributed by atoms with Crippen LogP contribution in [0, 0.1) is 13.8 Å². The Bertz CT molecular complexity index is 753. The molecule has 1 amide bonds. The molecule has 0 saturated heterocycles. The molecule has 5 nitrogen and oxygen atoms in total. The molecule has 1 aromatic heterocycles. The first-order chi connectivity index (χ1) is 10.7. The van der Waals surface area contributed by atoms with Gasteiger partial charge in [-0.25, -0.2) is 4.79 Å². The number of carbonyl (C=O) groups is 1. The number of ether oxygens (including phenoxy) is 1. The number of alkyl halides is 3. The molecule has 8 heteroatoms. The second-order valence-electron chi connectivity index (χ2n) is 4.71. The van der Waals surface area contributed by atoms with Crippen molar-refractivity contribution in [1.82, 2.24) is 0 Å². The third-order valence-electron chi connectivity index (χ3n) is 2.91. The smallest absolute Gasteiger partial charge is 0.427 e. The molecule has 1 heterocycles. The van der Waals surface area contributed by atoms with Crippen LogP contribution in [0.25, 0.3) is 0 Å². The number of carbonyl (C=O) groups excluding carboxylic acids is 1. The van der Waals surface area contributed by atoms with Crippen molar-refractivity contribution >= 4 is 11.6 Å². The number of rotatable bonds is 3. The second-order valence-corrected chi connectivity index (χ2v) is 4.71. The van der Waals surface area contributed by atoms with Gasteiger partial charge in [0.25, 0.3) is 5.91 Å². The first kappa shape index (κ1) is 16.6. The Hall–Kier alpha value is -2.77. The first-order valence-corrected chi connectivity index (χ1v) is 6.44. The van der Waals surface area contributed by atoms with Gasteiger partial charge in [-0.1, -0.05) is 0 Å². The summed E-state index contributed by atoms with van der Waals surface area (Å²) in [6.45, 7) is 3.06. The number of nitrogens with one attached hydrogen (secondary N) is 1. The lowest BCUT2D eigenvalue weighted by Crippen LogP contribution is -2.18. The molecule has 0 spiro atoms. The minimum absolute atomic E-state index is 0.157. The molecule has 0 saturated carbocycles. The van der Waals surface area contributed by atoms with E-state index >= 15 is 0 Å². The largest absolute Gasteiger partial charge is 0.573 e. The first-order valence-electron chi connectivity index (χ1n) is 6.44. The van der Waals surface area contributed by atoms with Crippen LogP contribution in [0.5, 0.6) is 5.75 Å². The molecule has 0 unspecified atom stereocenters. The van der Waals surface area contributed by atoms with Crippen LogP contribution in [0.2, 0.25) is 0 Å². The minimum atomic E-state index is -4.78. The van der Waals surface area contributed by atoms with Crippen LogP contribution >= 0.6 is 0 Å². The van der Waals surface area contributed by atoms with Gasteiger partial charge in [0.05, 0.1) is 5.56 Å². The quantitative estimate of drug-likeness (QED) is 0.938. The SMILES string of the molecule is Cc1cc(=O)oc(C)c1C(=O)Nc1ccc(OC(F)(F)F)cc1. The average molecular weight is 327 g/mol. The van der Waals surface area contributed by atoms with Crippen LogP contribution in [0.4, 0.5) is 18.9 Å². The summed E-state index contributed by atoms with van der Waals surface area (Å²) >= 11 is 0. The molecule has 0 atom stereocenters. The zero-order valence-electron chi connectivity index (χ0n) is 12.2. The van der Waals surface area contributed by atoms with Crippen LogP contribution in [0.15, 0.2) is 39.5 Å². The van der Waals surface area contributed by atoms with Gasteiger partial charge >= 0.3 is 12.0 Å². The number of amides is 1. The van der Waals surface area contributed by atoms with Crippen LogP contribution in [0.1, 0.15) is 21.7 Å². The Balaban J connectivity index is 2.17. The van der Waals surface area contributed by atoms with E-state index in [2.05, 4.69) is 10.1 Å². The van der Waals surface area contributed by atoms with Gasteiger partial charge in [-0.15, -0.1) is 13.2 Å². The third kappa shape index (κ3) is 4.35. The van der Waals surface area contributed by atoms with Gasteiger partial charge in [-0.2, -0.15) is 0 Å². The summed E-state index contributed by atoms with van der Waals surface area (Å²) in [5.74, 6) is -0.772. The molecule has 0 aliphatic rings. The average Bonchev–Trinajstić information content (AvgIpc) is 2.38. The van der Waals surface area contributed by atoms with Crippen molar-refractivity contribution in [3.63, 3.8) is 0 Å². The maximum absolute atomic E-state index is 12.2. The molecule has 0 bridgehead atoms. The predicted octanol–water partition coefficient (Wildman–Crippen LogP) is 3.41. The number of halogens is 3. The zero-order chi connectivity index (χ0) is 17.2. The van der Waals surface area contributed by atoms with Crippen molar-refractivity contribution in [1.29, 1.82) is 0 Å². The fourth-order valence-corrected chi connectivity index (χ4v) is 2.03. The molecule has 2 aromatic rings. The molecule has 0 aliphatic heterocycles. The normalized spacial score (nSPS) is 11.2. The van der Waals surface area contributed by atoms with Gasteiger partial charge in [0.2, 0.25) is 0 Å².